The van der Waals surface area contributed by atoms with Crippen molar-refractivity contribution in [2.24, 2.45) is 0 Å². The van der Waals surface area contributed by atoms with Crippen molar-refractivity contribution in [3.05, 3.63) is 41.5 Å². The minimum Gasteiger partial charge on any atom is -0.389 e. The first-order valence-corrected chi connectivity index (χ1v) is 4.80. The fourth-order valence-corrected chi connectivity index (χ4v) is 1.78. The number of hydrogen-bond donors (Lipinski definition) is 1. The molecule has 0 saturated heterocycles. The van der Waals surface area contributed by atoms with Gasteiger partial charge in [-0.1, -0.05) is 36.4 Å². The Morgan fingerprint density at radius 2 is 2.00 bits per heavy atom. The molecule has 0 unspecified atom stereocenters. The van der Waals surface area contributed by atoms with Crippen molar-refractivity contribution in [3.8, 4) is 0 Å². The van der Waals surface area contributed by atoms with Crippen molar-refractivity contribution < 1.29 is 5.11 Å². The van der Waals surface area contributed by atoms with E-state index in [-0.39, 0.29) is 6.10 Å². The molecule has 0 heterocycles. The molecule has 0 bridgehead atoms. The maximum Gasteiger partial charge on any atom is 0.0753 e. The molecular weight excluding hydrogens is 160 g/mol. The minimum atomic E-state index is -0.194. The number of benzene rings is 1. The SMILES string of the molecule is O[C@@H]1CCC/C1=C/c1ccccc1. The van der Waals surface area contributed by atoms with Gasteiger partial charge in [0.25, 0.3) is 0 Å². The summed E-state index contributed by atoms with van der Waals surface area (Å²) in [5.74, 6) is 0. The highest BCUT2D eigenvalue weighted by molar-refractivity contribution is 5.54. The van der Waals surface area contributed by atoms with Crippen molar-refractivity contribution >= 4 is 6.08 Å². The van der Waals surface area contributed by atoms with Crippen LogP contribution in [0.5, 0.6) is 0 Å². The van der Waals surface area contributed by atoms with Gasteiger partial charge in [-0.15, -0.1) is 0 Å². The molecule has 1 heteroatoms. The van der Waals surface area contributed by atoms with E-state index in [4.69, 9.17) is 0 Å². The first kappa shape index (κ1) is 8.52. The van der Waals surface area contributed by atoms with E-state index in [1.807, 2.05) is 18.2 Å². The molecule has 1 fully saturated rings. The largest absolute Gasteiger partial charge is 0.389 e. The van der Waals surface area contributed by atoms with Crippen LogP contribution in [0, 0.1) is 0 Å². The second-order valence-corrected chi connectivity index (χ2v) is 3.54. The van der Waals surface area contributed by atoms with E-state index in [0.29, 0.717) is 0 Å². The Balaban J connectivity index is 2.20. The average Bonchev–Trinajstić information content (AvgIpc) is 2.54. The predicted molar refractivity (Wildman–Crippen MR) is 54.3 cm³/mol. The molecule has 0 radical (unpaired) electrons. The van der Waals surface area contributed by atoms with Crippen molar-refractivity contribution in [2.75, 3.05) is 0 Å². The molecule has 1 atom stereocenters. The molecule has 1 N–H and O–H groups in total. The van der Waals surface area contributed by atoms with Gasteiger partial charge in [0.2, 0.25) is 0 Å². The summed E-state index contributed by atoms with van der Waals surface area (Å²) in [4.78, 5) is 0. The topological polar surface area (TPSA) is 20.2 Å². The molecule has 1 aromatic rings. The van der Waals surface area contributed by atoms with E-state index in [1.165, 1.54) is 11.1 Å². The van der Waals surface area contributed by atoms with Gasteiger partial charge in [-0.3, -0.25) is 0 Å². The number of aliphatic hydroxyl groups is 1. The van der Waals surface area contributed by atoms with Gasteiger partial charge in [-0.05, 0) is 30.4 Å². The molecule has 1 saturated carbocycles. The van der Waals surface area contributed by atoms with Crippen LogP contribution in [0.3, 0.4) is 0 Å². The Bertz CT molecular complexity index is 300. The van der Waals surface area contributed by atoms with E-state index < -0.39 is 0 Å². The molecular formula is C12H14O. The van der Waals surface area contributed by atoms with E-state index in [2.05, 4.69) is 18.2 Å². The summed E-state index contributed by atoms with van der Waals surface area (Å²) in [6.45, 7) is 0. The molecule has 1 aromatic carbocycles. The molecule has 0 aromatic heterocycles. The lowest BCUT2D eigenvalue weighted by Crippen LogP contribution is -2.00. The zero-order valence-corrected chi connectivity index (χ0v) is 7.61. The highest BCUT2D eigenvalue weighted by Crippen LogP contribution is 2.26. The van der Waals surface area contributed by atoms with Crippen LogP contribution in [0.1, 0.15) is 24.8 Å². The Kier molecular flexibility index (Phi) is 2.46. The van der Waals surface area contributed by atoms with E-state index in [1.54, 1.807) is 0 Å². The molecule has 2 rings (SSSR count). The molecule has 0 spiro atoms. The lowest BCUT2D eigenvalue weighted by Gasteiger charge is -2.03. The highest BCUT2D eigenvalue weighted by Gasteiger charge is 2.17. The summed E-state index contributed by atoms with van der Waals surface area (Å²) in [6, 6.07) is 10.2. The van der Waals surface area contributed by atoms with Crippen LogP contribution in [-0.2, 0) is 0 Å². The van der Waals surface area contributed by atoms with Crippen LogP contribution in [0.25, 0.3) is 6.08 Å². The Hall–Kier alpha value is -1.08. The summed E-state index contributed by atoms with van der Waals surface area (Å²) in [5, 5.41) is 9.58. The fraction of sp³-hybridized carbons (Fsp3) is 0.333. The lowest BCUT2D eigenvalue weighted by atomic mass is 10.1. The molecule has 68 valence electrons. The smallest absolute Gasteiger partial charge is 0.0753 e. The quantitative estimate of drug-likeness (QED) is 0.694. The number of aliphatic hydroxyl groups excluding tert-OH is 1. The standard InChI is InChI=1S/C12H14O/c13-12-8-4-7-11(12)9-10-5-2-1-3-6-10/h1-3,5-6,9,12-13H,4,7-8H2/b11-9-/t12-/m1/s1. The summed E-state index contributed by atoms with van der Waals surface area (Å²) < 4.78 is 0. The van der Waals surface area contributed by atoms with E-state index >= 15 is 0 Å². The maximum atomic E-state index is 9.58. The zero-order valence-electron chi connectivity index (χ0n) is 7.61. The molecule has 13 heavy (non-hydrogen) atoms. The summed E-state index contributed by atoms with van der Waals surface area (Å²) >= 11 is 0. The van der Waals surface area contributed by atoms with Gasteiger partial charge in [-0.2, -0.15) is 0 Å². The first-order valence-electron chi connectivity index (χ1n) is 4.80. The predicted octanol–water partition coefficient (Wildman–Crippen LogP) is 2.61. The molecule has 0 amide bonds. The Labute approximate surface area is 78.7 Å². The third-order valence-corrected chi connectivity index (χ3v) is 2.52. The Morgan fingerprint density at radius 1 is 1.23 bits per heavy atom. The van der Waals surface area contributed by atoms with Crippen LogP contribution >= 0.6 is 0 Å². The van der Waals surface area contributed by atoms with Gasteiger partial charge in [0.15, 0.2) is 0 Å². The number of hydrogen-bond acceptors (Lipinski definition) is 1. The monoisotopic (exact) mass is 174 g/mol. The molecule has 0 aliphatic heterocycles. The van der Waals surface area contributed by atoms with Crippen molar-refractivity contribution in [3.63, 3.8) is 0 Å². The van der Waals surface area contributed by atoms with Crippen molar-refractivity contribution in [1.29, 1.82) is 0 Å². The van der Waals surface area contributed by atoms with Crippen LogP contribution in [0.2, 0.25) is 0 Å². The maximum absolute atomic E-state index is 9.58. The second-order valence-electron chi connectivity index (χ2n) is 3.54. The van der Waals surface area contributed by atoms with Gasteiger partial charge in [0.05, 0.1) is 6.10 Å². The third kappa shape index (κ3) is 1.99. The van der Waals surface area contributed by atoms with Crippen molar-refractivity contribution in [1.82, 2.24) is 0 Å². The van der Waals surface area contributed by atoms with Crippen LogP contribution < -0.4 is 0 Å². The Morgan fingerprint density at radius 3 is 2.62 bits per heavy atom. The van der Waals surface area contributed by atoms with E-state index in [9.17, 15) is 5.11 Å². The summed E-state index contributed by atoms with van der Waals surface area (Å²) in [6.07, 6.45) is 5.02. The van der Waals surface area contributed by atoms with E-state index in [0.717, 1.165) is 19.3 Å². The van der Waals surface area contributed by atoms with Crippen molar-refractivity contribution in [2.45, 2.75) is 25.4 Å². The van der Waals surface area contributed by atoms with Gasteiger partial charge < -0.3 is 5.11 Å². The summed E-state index contributed by atoms with van der Waals surface area (Å²) in [5.41, 5.74) is 2.38. The fourth-order valence-electron chi connectivity index (χ4n) is 1.78. The first-order chi connectivity index (χ1) is 6.36. The minimum absolute atomic E-state index is 0.194. The molecule has 1 aliphatic carbocycles. The van der Waals surface area contributed by atoms with Gasteiger partial charge >= 0.3 is 0 Å². The normalized spacial score (nSPS) is 25.3. The highest BCUT2D eigenvalue weighted by atomic mass is 16.3. The van der Waals surface area contributed by atoms with Crippen LogP contribution in [0.4, 0.5) is 0 Å². The van der Waals surface area contributed by atoms with Crippen LogP contribution in [-0.4, -0.2) is 11.2 Å². The lowest BCUT2D eigenvalue weighted by molar-refractivity contribution is 0.219. The number of rotatable bonds is 1. The average molecular weight is 174 g/mol. The molecule has 1 aliphatic rings. The van der Waals surface area contributed by atoms with Crippen LogP contribution in [0.15, 0.2) is 35.9 Å². The van der Waals surface area contributed by atoms with Gasteiger partial charge in [0, 0.05) is 0 Å². The third-order valence-electron chi connectivity index (χ3n) is 2.52. The second kappa shape index (κ2) is 3.75. The molecule has 1 nitrogen and oxygen atoms in total. The summed E-state index contributed by atoms with van der Waals surface area (Å²) in [7, 11) is 0. The van der Waals surface area contributed by atoms with Gasteiger partial charge in [0.1, 0.15) is 0 Å². The van der Waals surface area contributed by atoms with Gasteiger partial charge in [-0.25, -0.2) is 0 Å². The zero-order chi connectivity index (χ0) is 9.10.